The van der Waals surface area contributed by atoms with Crippen molar-refractivity contribution in [3.8, 4) is 0 Å². The van der Waals surface area contributed by atoms with E-state index in [9.17, 15) is 5.11 Å². The Hall–Kier alpha value is -2.69. The molecule has 1 fully saturated rings. The number of ether oxygens (including phenoxy) is 6. The molecule has 0 spiro atoms. The molecule has 40 heavy (non-hydrogen) atoms. The van der Waals surface area contributed by atoms with E-state index in [0.29, 0.717) is 25.6 Å². The fourth-order valence-corrected chi connectivity index (χ4v) is 6.26. The average Bonchev–Trinajstić information content (AvgIpc) is 3.00. The van der Waals surface area contributed by atoms with Gasteiger partial charge in [-0.15, -0.1) is 11.8 Å². The second-order valence-electron chi connectivity index (χ2n) is 9.81. The van der Waals surface area contributed by atoms with Gasteiger partial charge in [-0.25, -0.2) is 0 Å². The zero-order valence-electron chi connectivity index (χ0n) is 22.8. The zero-order valence-corrected chi connectivity index (χ0v) is 23.6. The molecule has 3 aromatic rings. The van der Waals surface area contributed by atoms with Crippen LogP contribution in [0.2, 0.25) is 0 Å². The highest BCUT2D eigenvalue weighted by molar-refractivity contribution is 8.03. The summed E-state index contributed by atoms with van der Waals surface area (Å²) in [6.07, 6.45) is -1.87. The summed E-state index contributed by atoms with van der Waals surface area (Å²) in [4.78, 5) is 0.721. The van der Waals surface area contributed by atoms with Gasteiger partial charge < -0.3 is 33.5 Å². The summed E-state index contributed by atoms with van der Waals surface area (Å²) < 4.78 is 38.3. The third-order valence-electron chi connectivity index (χ3n) is 6.99. The molecule has 7 nitrogen and oxygen atoms in total. The number of fused-ring (bicyclic) bond motifs is 1. The molecule has 0 unspecified atom stereocenters. The van der Waals surface area contributed by atoms with Crippen molar-refractivity contribution in [2.75, 3.05) is 20.3 Å². The largest absolute Gasteiger partial charge is 0.462 e. The number of hydrogen-bond donors (Lipinski definition) is 1. The number of hydrogen-bond acceptors (Lipinski definition) is 8. The average molecular weight is 565 g/mol. The highest BCUT2D eigenvalue weighted by Gasteiger charge is 2.60. The second kappa shape index (κ2) is 13.8. The summed E-state index contributed by atoms with van der Waals surface area (Å²) in [6.45, 7) is 2.93. The highest BCUT2D eigenvalue weighted by Crippen LogP contribution is 2.49. The van der Waals surface area contributed by atoms with E-state index < -0.39 is 29.5 Å². The van der Waals surface area contributed by atoms with Gasteiger partial charge in [0.25, 0.3) is 5.79 Å². The van der Waals surface area contributed by atoms with Gasteiger partial charge in [-0.3, -0.25) is 0 Å². The first-order valence-corrected chi connectivity index (χ1v) is 14.3. The molecule has 0 saturated carbocycles. The Morgan fingerprint density at radius 1 is 0.775 bits per heavy atom. The van der Waals surface area contributed by atoms with Gasteiger partial charge in [0, 0.05) is 12.0 Å². The molecule has 2 heterocycles. The molecule has 2 aliphatic rings. The summed E-state index contributed by atoms with van der Waals surface area (Å²) >= 11 is 1.49. The Balaban J connectivity index is 1.45. The third-order valence-corrected chi connectivity index (χ3v) is 8.57. The summed E-state index contributed by atoms with van der Waals surface area (Å²) in [5, 5.41) is 9.73. The Bertz CT molecular complexity index is 1220. The second-order valence-corrected chi connectivity index (χ2v) is 11.0. The van der Waals surface area contributed by atoms with Gasteiger partial charge in [0.05, 0.1) is 26.4 Å². The van der Waals surface area contributed by atoms with Crippen LogP contribution in [0.1, 0.15) is 23.6 Å². The highest BCUT2D eigenvalue weighted by atomic mass is 32.2. The maximum Gasteiger partial charge on any atom is 0.250 e. The van der Waals surface area contributed by atoms with Crippen molar-refractivity contribution in [1.82, 2.24) is 0 Å². The van der Waals surface area contributed by atoms with E-state index in [0.717, 1.165) is 21.6 Å². The van der Waals surface area contributed by atoms with Crippen molar-refractivity contribution in [1.29, 1.82) is 0 Å². The molecule has 212 valence electrons. The minimum atomic E-state index is -1.23. The summed E-state index contributed by atoms with van der Waals surface area (Å²) in [5.74, 6) is -0.635. The predicted octanol–water partition coefficient (Wildman–Crippen LogP) is 5.43. The van der Waals surface area contributed by atoms with Gasteiger partial charge in [0.15, 0.2) is 6.29 Å². The van der Waals surface area contributed by atoms with Crippen molar-refractivity contribution in [3.05, 3.63) is 118 Å². The Kier molecular flexibility index (Phi) is 9.93. The topological polar surface area (TPSA) is 75.6 Å². The lowest BCUT2D eigenvalue weighted by Gasteiger charge is -2.53. The molecule has 1 saturated heterocycles. The van der Waals surface area contributed by atoms with E-state index in [2.05, 4.69) is 0 Å². The van der Waals surface area contributed by atoms with Gasteiger partial charge >= 0.3 is 0 Å². The zero-order chi connectivity index (χ0) is 27.8. The van der Waals surface area contributed by atoms with Crippen molar-refractivity contribution >= 4 is 11.8 Å². The summed E-state index contributed by atoms with van der Waals surface area (Å²) in [7, 11) is 1.59. The van der Waals surface area contributed by atoms with Crippen LogP contribution in [0.25, 0.3) is 0 Å². The molecule has 5 atom stereocenters. The molecule has 5 rings (SSSR count). The monoisotopic (exact) mass is 564 g/mol. The van der Waals surface area contributed by atoms with Gasteiger partial charge in [0.2, 0.25) is 0 Å². The molecular formula is C32H36O7S. The first-order chi connectivity index (χ1) is 19.6. The van der Waals surface area contributed by atoms with E-state index in [1.165, 1.54) is 11.8 Å². The van der Waals surface area contributed by atoms with E-state index in [4.69, 9.17) is 28.4 Å². The van der Waals surface area contributed by atoms with Crippen LogP contribution in [0.3, 0.4) is 0 Å². The minimum Gasteiger partial charge on any atom is -0.462 e. The molecule has 8 heteroatoms. The standard InChI is InChI=1S/C32H36O7S/c1-23-27(18-33)40-30-28(36-20-25-14-8-4-9-15-25)29(37-21-26-16-10-5-11-17-26)31(34-2)39-32(30,38-23)22-35-19-24-12-6-3-7-13-24/h3-17,28-31,33H,18-22H2,1-2H3/t28-,29-,30+,31-,32-/m1/s1. The van der Waals surface area contributed by atoms with Gasteiger partial charge in [0.1, 0.15) is 29.8 Å². The van der Waals surface area contributed by atoms with E-state index in [-0.39, 0.29) is 13.2 Å². The Morgan fingerprint density at radius 3 is 1.82 bits per heavy atom. The van der Waals surface area contributed by atoms with Crippen LogP contribution < -0.4 is 0 Å². The normalized spacial score (nSPS) is 26.3. The summed E-state index contributed by atoms with van der Waals surface area (Å²) in [6, 6.07) is 29.9. The van der Waals surface area contributed by atoms with Crippen molar-refractivity contribution in [3.63, 3.8) is 0 Å². The molecule has 0 aliphatic carbocycles. The van der Waals surface area contributed by atoms with Crippen LogP contribution in [0.15, 0.2) is 102 Å². The van der Waals surface area contributed by atoms with Crippen molar-refractivity contribution in [2.24, 2.45) is 0 Å². The number of aliphatic hydroxyl groups is 1. The maximum absolute atomic E-state index is 10.1. The number of thioether (sulfide) groups is 1. The number of methoxy groups -OCH3 is 1. The van der Waals surface area contributed by atoms with Crippen molar-refractivity contribution in [2.45, 2.75) is 56.3 Å². The molecule has 0 aromatic heterocycles. The van der Waals surface area contributed by atoms with Crippen LogP contribution in [0.5, 0.6) is 0 Å². The van der Waals surface area contributed by atoms with Gasteiger partial charge in [-0.1, -0.05) is 91.0 Å². The quantitative estimate of drug-likeness (QED) is 0.312. The van der Waals surface area contributed by atoms with Gasteiger partial charge in [-0.2, -0.15) is 0 Å². The van der Waals surface area contributed by atoms with E-state index in [1.807, 2.05) is 97.9 Å². The van der Waals surface area contributed by atoms with E-state index >= 15 is 0 Å². The van der Waals surface area contributed by atoms with Crippen LogP contribution in [0, 0.1) is 0 Å². The van der Waals surface area contributed by atoms with Crippen LogP contribution in [-0.4, -0.2) is 55.0 Å². The first kappa shape index (κ1) is 28.8. The van der Waals surface area contributed by atoms with Crippen LogP contribution in [0.4, 0.5) is 0 Å². The van der Waals surface area contributed by atoms with E-state index in [1.54, 1.807) is 7.11 Å². The summed E-state index contributed by atoms with van der Waals surface area (Å²) in [5.41, 5.74) is 3.11. The minimum absolute atomic E-state index is 0.131. The molecule has 0 amide bonds. The van der Waals surface area contributed by atoms with Gasteiger partial charge in [-0.05, 0) is 23.6 Å². The molecule has 3 aromatic carbocycles. The lowest BCUT2D eigenvalue weighted by Crippen LogP contribution is -2.68. The smallest absolute Gasteiger partial charge is 0.250 e. The molecule has 0 bridgehead atoms. The molecule has 0 radical (unpaired) electrons. The fourth-order valence-electron chi connectivity index (χ4n) is 4.95. The van der Waals surface area contributed by atoms with Crippen LogP contribution in [-0.2, 0) is 48.2 Å². The lowest BCUT2D eigenvalue weighted by molar-refractivity contribution is -0.374. The SMILES string of the molecule is CO[C@@H]1O[C@@]2(COCc3ccccc3)OC(C)=C(CO)S[C@H]2[C@H](OCc2ccccc2)[C@H]1OCc1ccccc1. The Morgan fingerprint density at radius 2 is 1.30 bits per heavy atom. The van der Waals surface area contributed by atoms with Crippen molar-refractivity contribution < 1.29 is 33.5 Å². The lowest BCUT2D eigenvalue weighted by atomic mass is 9.97. The number of rotatable bonds is 12. The number of aliphatic hydroxyl groups excluding tert-OH is 1. The molecular weight excluding hydrogens is 528 g/mol. The predicted molar refractivity (Wildman–Crippen MR) is 153 cm³/mol. The molecule has 1 N–H and O–H groups in total. The fraction of sp³-hybridized carbons (Fsp3) is 0.375. The third kappa shape index (κ3) is 6.78. The number of allylic oxidation sites excluding steroid dienone is 1. The maximum atomic E-state index is 10.1. The Labute approximate surface area is 240 Å². The van der Waals surface area contributed by atoms with Crippen LogP contribution >= 0.6 is 11.8 Å². The molecule has 2 aliphatic heterocycles. The first-order valence-electron chi connectivity index (χ1n) is 13.4. The number of benzene rings is 3.